The van der Waals surface area contributed by atoms with Crippen molar-refractivity contribution in [3.8, 4) is 0 Å². The van der Waals surface area contributed by atoms with Crippen molar-refractivity contribution >= 4 is 11.8 Å². The van der Waals surface area contributed by atoms with Crippen LogP contribution < -0.4 is 10.6 Å². The van der Waals surface area contributed by atoms with E-state index in [2.05, 4.69) is 10.6 Å². The van der Waals surface area contributed by atoms with Gasteiger partial charge in [0.05, 0.1) is 6.61 Å². The summed E-state index contributed by atoms with van der Waals surface area (Å²) in [5.74, 6) is -0.597. The molecule has 0 bridgehead atoms. The van der Waals surface area contributed by atoms with Crippen LogP contribution in [0.5, 0.6) is 0 Å². The molecule has 0 aliphatic heterocycles. The average molecular weight is 278 g/mol. The summed E-state index contributed by atoms with van der Waals surface area (Å²) in [6.07, 6.45) is 0. The van der Waals surface area contributed by atoms with Gasteiger partial charge in [-0.2, -0.15) is 0 Å². The van der Waals surface area contributed by atoms with Gasteiger partial charge in [0.1, 0.15) is 6.04 Å². The summed E-state index contributed by atoms with van der Waals surface area (Å²) in [6.45, 7) is 5.73. The molecule has 20 heavy (non-hydrogen) atoms. The van der Waals surface area contributed by atoms with Crippen LogP contribution in [-0.2, 0) is 4.79 Å². The van der Waals surface area contributed by atoms with E-state index < -0.39 is 6.04 Å². The van der Waals surface area contributed by atoms with Gasteiger partial charge in [-0.05, 0) is 25.0 Å². The Morgan fingerprint density at radius 1 is 1.20 bits per heavy atom. The van der Waals surface area contributed by atoms with Gasteiger partial charge in [-0.3, -0.25) is 9.59 Å². The van der Waals surface area contributed by atoms with E-state index in [0.717, 1.165) is 5.56 Å². The molecule has 2 amide bonds. The minimum Gasteiger partial charge on any atom is -0.395 e. The molecule has 5 nitrogen and oxygen atoms in total. The minimum atomic E-state index is -0.615. The number of amides is 2. The second-order valence-electron chi connectivity index (χ2n) is 5.08. The summed E-state index contributed by atoms with van der Waals surface area (Å²) in [5.41, 5.74) is 1.60. The van der Waals surface area contributed by atoms with Crippen LogP contribution in [0.25, 0.3) is 0 Å². The van der Waals surface area contributed by atoms with Crippen molar-refractivity contribution in [3.05, 3.63) is 35.4 Å². The van der Waals surface area contributed by atoms with Crippen LogP contribution in [0.3, 0.4) is 0 Å². The van der Waals surface area contributed by atoms with Crippen molar-refractivity contribution in [3.63, 3.8) is 0 Å². The molecule has 1 atom stereocenters. The van der Waals surface area contributed by atoms with Crippen LogP contribution >= 0.6 is 0 Å². The Hall–Kier alpha value is -1.88. The van der Waals surface area contributed by atoms with E-state index in [1.165, 1.54) is 0 Å². The molecular formula is C15H22N2O3. The monoisotopic (exact) mass is 278 g/mol. The molecule has 1 aromatic rings. The van der Waals surface area contributed by atoms with E-state index in [4.69, 9.17) is 5.11 Å². The van der Waals surface area contributed by atoms with Crippen molar-refractivity contribution in [1.29, 1.82) is 0 Å². The zero-order chi connectivity index (χ0) is 15.1. The smallest absolute Gasteiger partial charge is 0.251 e. The molecule has 0 saturated heterocycles. The lowest BCUT2D eigenvalue weighted by molar-refractivity contribution is -0.124. The summed E-state index contributed by atoms with van der Waals surface area (Å²) < 4.78 is 0. The first kappa shape index (κ1) is 16.2. The predicted octanol–water partition coefficient (Wildman–Crippen LogP) is 0.858. The molecule has 0 heterocycles. The van der Waals surface area contributed by atoms with Crippen molar-refractivity contribution in [2.75, 3.05) is 13.2 Å². The summed E-state index contributed by atoms with van der Waals surface area (Å²) >= 11 is 0. The minimum absolute atomic E-state index is 0.0388. The number of aliphatic hydroxyl groups excluding tert-OH is 1. The molecular weight excluding hydrogens is 256 g/mol. The highest BCUT2D eigenvalue weighted by molar-refractivity contribution is 5.97. The number of hydrogen-bond donors (Lipinski definition) is 3. The maximum absolute atomic E-state index is 12.1. The number of nitrogens with one attached hydrogen (secondary N) is 2. The summed E-state index contributed by atoms with van der Waals surface area (Å²) in [6, 6.07) is 6.55. The zero-order valence-corrected chi connectivity index (χ0v) is 12.1. The molecule has 1 unspecified atom stereocenters. The number of rotatable bonds is 6. The van der Waals surface area contributed by atoms with Gasteiger partial charge in [-0.15, -0.1) is 0 Å². The molecule has 0 radical (unpaired) electrons. The summed E-state index contributed by atoms with van der Waals surface area (Å²) in [4.78, 5) is 24.0. The Bertz CT molecular complexity index is 455. The van der Waals surface area contributed by atoms with Gasteiger partial charge in [0.2, 0.25) is 5.91 Å². The number of carbonyl (C=O) groups is 2. The quantitative estimate of drug-likeness (QED) is 0.722. The molecule has 3 N–H and O–H groups in total. The van der Waals surface area contributed by atoms with Gasteiger partial charge in [-0.1, -0.05) is 31.5 Å². The van der Waals surface area contributed by atoms with Crippen LogP contribution in [-0.4, -0.2) is 36.1 Å². The third kappa shape index (κ3) is 4.66. The van der Waals surface area contributed by atoms with Gasteiger partial charge in [-0.25, -0.2) is 0 Å². The van der Waals surface area contributed by atoms with E-state index in [-0.39, 0.29) is 30.9 Å². The van der Waals surface area contributed by atoms with E-state index in [1.54, 1.807) is 12.1 Å². The average Bonchev–Trinajstić information content (AvgIpc) is 2.42. The first-order valence-corrected chi connectivity index (χ1v) is 6.71. The standard InChI is InChI=1S/C15H22N2O3/c1-10(2)13(15(20)16-8-9-18)17-14(19)12-6-4-11(3)5-7-12/h4-7,10,13,18H,8-9H2,1-3H3,(H,16,20)(H,17,19). The molecule has 110 valence electrons. The lowest BCUT2D eigenvalue weighted by Crippen LogP contribution is -2.50. The highest BCUT2D eigenvalue weighted by Gasteiger charge is 2.24. The maximum Gasteiger partial charge on any atom is 0.251 e. The van der Waals surface area contributed by atoms with Crippen molar-refractivity contribution in [1.82, 2.24) is 10.6 Å². The molecule has 0 fully saturated rings. The lowest BCUT2D eigenvalue weighted by Gasteiger charge is -2.21. The van der Waals surface area contributed by atoms with Crippen LogP contribution in [0.2, 0.25) is 0 Å². The largest absolute Gasteiger partial charge is 0.395 e. The topological polar surface area (TPSA) is 78.4 Å². The Morgan fingerprint density at radius 2 is 1.80 bits per heavy atom. The molecule has 1 rings (SSSR count). The second-order valence-corrected chi connectivity index (χ2v) is 5.08. The first-order chi connectivity index (χ1) is 9.45. The van der Waals surface area contributed by atoms with E-state index in [1.807, 2.05) is 32.9 Å². The van der Waals surface area contributed by atoms with Crippen molar-refractivity contribution in [2.45, 2.75) is 26.8 Å². The second kappa shape index (κ2) is 7.65. The molecule has 0 aromatic heterocycles. The Labute approximate surface area is 119 Å². The fourth-order valence-corrected chi connectivity index (χ4v) is 1.75. The van der Waals surface area contributed by atoms with E-state index in [0.29, 0.717) is 5.56 Å². The van der Waals surface area contributed by atoms with Gasteiger partial charge in [0.25, 0.3) is 5.91 Å². The zero-order valence-electron chi connectivity index (χ0n) is 12.1. The molecule has 1 aromatic carbocycles. The van der Waals surface area contributed by atoms with Crippen LogP contribution in [0.1, 0.15) is 29.8 Å². The first-order valence-electron chi connectivity index (χ1n) is 6.71. The fraction of sp³-hybridized carbons (Fsp3) is 0.467. The molecule has 0 spiro atoms. The number of benzene rings is 1. The third-order valence-electron chi connectivity index (χ3n) is 2.96. The Kier molecular flexibility index (Phi) is 6.18. The number of aryl methyl sites for hydroxylation is 1. The van der Waals surface area contributed by atoms with E-state index in [9.17, 15) is 9.59 Å². The molecule has 0 aliphatic carbocycles. The van der Waals surface area contributed by atoms with Gasteiger partial charge in [0, 0.05) is 12.1 Å². The number of hydrogen-bond acceptors (Lipinski definition) is 3. The molecule has 0 saturated carbocycles. The predicted molar refractivity (Wildman–Crippen MR) is 77.4 cm³/mol. The lowest BCUT2D eigenvalue weighted by atomic mass is 10.0. The fourth-order valence-electron chi connectivity index (χ4n) is 1.75. The van der Waals surface area contributed by atoms with Crippen LogP contribution in [0.15, 0.2) is 24.3 Å². The number of carbonyl (C=O) groups excluding carboxylic acids is 2. The van der Waals surface area contributed by atoms with Crippen LogP contribution in [0, 0.1) is 12.8 Å². The Morgan fingerprint density at radius 3 is 2.30 bits per heavy atom. The SMILES string of the molecule is Cc1ccc(C(=O)NC(C(=O)NCCO)C(C)C)cc1. The van der Waals surface area contributed by atoms with Gasteiger partial charge in [0.15, 0.2) is 0 Å². The van der Waals surface area contributed by atoms with Crippen molar-refractivity contribution in [2.24, 2.45) is 5.92 Å². The molecule has 0 aliphatic rings. The Balaban J connectivity index is 2.72. The van der Waals surface area contributed by atoms with Crippen molar-refractivity contribution < 1.29 is 14.7 Å². The van der Waals surface area contributed by atoms with Crippen LogP contribution in [0.4, 0.5) is 0 Å². The summed E-state index contributed by atoms with van der Waals surface area (Å²) in [5, 5.41) is 14.0. The molecule has 5 heteroatoms. The highest BCUT2D eigenvalue weighted by atomic mass is 16.3. The van der Waals surface area contributed by atoms with Gasteiger partial charge < -0.3 is 15.7 Å². The number of aliphatic hydroxyl groups is 1. The highest BCUT2D eigenvalue weighted by Crippen LogP contribution is 2.06. The normalized spacial score (nSPS) is 12.1. The van der Waals surface area contributed by atoms with E-state index >= 15 is 0 Å². The third-order valence-corrected chi connectivity index (χ3v) is 2.96. The summed E-state index contributed by atoms with van der Waals surface area (Å²) in [7, 11) is 0. The maximum atomic E-state index is 12.1. The van der Waals surface area contributed by atoms with Gasteiger partial charge >= 0.3 is 0 Å².